The van der Waals surface area contributed by atoms with Crippen LogP contribution in [0.25, 0.3) is 0 Å². The van der Waals surface area contributed by atoms with Crippen LogP contribution in [0.4, 0.5) is 0 Å². The van der Waals surface area contributed by atoms with E-state index in [0.717, 1.165) is 19.3 Å². The molecule has 2 heteroatoms. The van der Waals surface area contributed by atoms with Gasteiger partial charge in [-0.25, -0.2) is 0 Å². The lowest BCUT2D eigenvalue weighted by Crippen LogP contribution is -1.85. The van der Waals surface area contributed by atoms with Crippen molar-refractivity contribution in [1.29, 1.82) is 0 Å². The molecule has 60 valence electrons. The van der Waals surface area contributed by atoms with Crippen molar-refractivity contribution >= 4 is 0 Å². The van der Waals surface area contributed by atoms with E-state index < -0.39 is 0 Å². The molecule has 10 heavy (non-hydrogen) atoms. The maximum absolute atomic E-state index is 8.47. The zero-order chi connectivity index (χ0) is 7.82. The van der Waals surface area contributed by atoms with Crippen LogP contribution in [0.1, 0.15) is 26.2 Å². The Hall–Kier alpha value is -0.340. The Bertz CT molecular complexity index is 97.4. The van der Waals surface area contributed by atoms with Crippen molar-refractivity contribution in [3.05, 3.63) is 11.6 Å². The molecule has 0 radical (unpaired) electrons. The second kappa shape index (κ2) is 6.78. The van der Waals surface area contributed by atoms with Gasteiger partial charge in [-0.2, -0.15) is 0 Å². The normalized spacial score (nSPS) is 12.1. The van der Waals surface area contributed by atoms with Crippen LogP contribution in [0, 0.1) is 0 Å². The van der Waals surface area contributed by atoms with Crippen LogP contribution in [0.15, 0.2) is 11.6 Å². The molecule has 0 unspecified atom stereocenters. The summed E-state index contributed by atoms with van der Waals surface area (Å²) in [6, 6.07) is 0. The standard InChI is InChI=1S/C8H16O2/c1-8(5-7-10)4-2-3-6-9/h5,9-10H,2-4,6-7H2,1H3. The highest BCUT2D eigenvalue weighted by Gasteiger charge is 1.88. The van der Waals surface area contributed by atoms with Crippen LogP contribution in [0.3, 0.4) is 0 Å². The van der Waals surface area contributed by atoms with Gasteiger partial charge in [0.25, 0.3) is 0 Å². The minimum absolute atomic E-state index is 0.130. The maximum Gasteiger partial charge on any atom is 0.0614 e. The topological polar surface area (TPSA) is 40.5 Å². The van der Waals surface area contributed by atoms with Gasteiger partial charge < -0.3 is 10.2 Å². The van der Waals surface area contributed by atoms with Gasteiger partial charge >= 0.3 is 0 Å². The number of aliphatic hydroxyl groups excluding tert-OH is 2. The summed E-state index contributed by atoms with van der Waals surface area (Å²) in [6.07, 6.45) is 4.66. The van der Waals surface area contributed by atoms with E-state index >= 15 is 0 Å². The number of unbranched alkanes of at least 4 members (excludes halogenated alkanes) is 1. The molecule has 0 saturated carbocycles. The first-order chi connectivity index (χ1) is 4.81. The lowest BCUT2D eigenvalue weighted by atomic mass is 10.1. The van der Waals surface area contributed by atoms with Gasteiger partial charge in [0.15, 0.2) is 0 Å². The quantitative estimate of drug-likeness (QED) is 0.448. The Morgan fingerprint density at radius 1 is 1.30 bits per heavy atom. The van der Waals surface area contributed by atoms with Crippen molar-refractivity contribution in [2.45, 2.75) is 26.2 Å². The summed E-state index contributed by atoms with van der Waals surface area (Å²) < 4.78 is 0. The first-order valence-corrected chi connectivity index (χ1v) is 3.68. The summed E-state index contributed by atoms with van der Waals surface area (Å²) in [4.78, 5) is 0. The number of aliphatic hydroxyl groups is 2. The SMILES string of the molecule is CC(=CCO)CCCCO. The second-order valence-corrected chi connectivity index (χ2v) is 2.41. The van der Waals surface area contributed by atoms with Crippen molar-refractivity contribution in [1.82, 2.24) is 0 Å². The Balaban J connectivity index is 3.21. The third-order valence-electron chi connectivity index (χ3n) is 1.42. The van der Waals surface area contributed by atoms with Gasteiger partial charge in [-0.15, -0.1) is 0 Å². The van der Waals surface area contributed by atoms with Gasteiger partial charge in [0.1, 0.15) is 0 Å². The average molecular weight is 144 g/mol. The maximum atomic E-state index is 8.47. The lowest BCUT2D eigenvalue weighted by molar-refractivity contribution is 0.284. The Morgan fingerprint density at radius 2 is 2.00 bits per heavy atom. The van der Waals surface area contributed by atoms with Crippen molar-refractivity contribution in [2.75, 3.05) is 13.2 Å². The molecule has 2 nitrogen and oxygen atoms in total. The molecule has 0 aromatic rings. The van der Waals surface area contributed by atoms with E-state index in [1.165, 1.54) is 5.57 Å². The molecule has 0 rings (SSSR count). The van der Waals surface area contributed by atoms with Gasteiger partial charge in [0.05, 0.1) is 6.61 Å². The van der Waals surface area contributed by atoms with Crippen LogP contribution >= 0.6 is 0 Å². The number of hydrogen-bond donors (Lipinski definition) is 2. The van der Waals surface area contributed by atoms with E-state index in [9.17, 15) is 0 Å². The first kappa shape index (κ1) is 9.66. The van der Waals surface area contributed by atoms with Crippen molar-refractivity contribution in [2.24, 2.45) is 0 Å². The first-order valence-electron chi connectivity index (χ1n) is 3.68. The van der Waals surface area contributed by atoms with Crippen LogP contribution in [0.2, 0.25) is 0 Å². The third kappa shape index (κ3) is 5.79. The molecule has 0 heterocycles. The predicted octanol–water partition coefficient (Wildman–Crippen LogP) is 1.09. The van der Waals surface area contributed by atoms with Crippen molar-refractivity contribution in [3.8, 4) is 0 Å². The summed E-state index contributed by atoms with van der Waals surface area (Å²) in [5.41, 5.74) is 1.20. The highest BCUT2D eigenvalue weighted by molar-refractivity contribution is 4.97. The molecule has 2 N–H and O–H groups in total. The fourth-order valence-electron chi connectivity index (χ4n) is 0.774. The van der Waals surface area contributed by atoms with Gasteiger partial charge in [0, 0.05) is 6.61 Å². The van der Waals surface area contributed by atoms with Gasteiger partial charge in [-0.05, 0) is 26.2 Å². The lowest BCUT2D eigenvalue weighted by Gasteiger charge is -1.97. The number of allylic oxidation sites excluding steroid dienone is 1. The second-order valence-electron chi connectivity index (χ2n) is 2.41. The predicted molar refractivity (Wildman–Crippen MR) is 41.8 cm³/mol. The summed E-state index contributed by atoms with van der Waals surface area (Å²) in [5.74, 6) is 0. The fraction of sp³-hybridized carbons (Fsp3) is 0.750. The summed E-state index contributed by atoms with van der Waals surface area (Å²) in [7, 11) is 0. The van der Waals surface area contributed by atoms with Crippen LogP contribution in [0.5, 0.6) is 0 Å². The van der Waals surface area contributed by atoms with Crippen LogP contribution in [-0.4, -0.2) is 23.4 Å². The van der Waals surface area contributed by atoms with E-state index in [1.807, 2.05) is 6.92 Å². The molecule has 0 saturated heterocycles. The molecule has 0 atom stereocenters. The molecular formula is C8H16O2. The highest BCUT2D eigenvalue weighted by atomic mass is 16.3. The molecule has 0 spiro atoms. The fourth-order valence-corrected chi connectivity index (χ4v) is 0.774. The largest absolute Gasteiger partial charge is 0.396 e. The highest BCUT2D eigenvalue weighted by Crippen LogP contribution is 2.04. The van der Waals surface area contributed by atoms with Gasteiger partial charge in [0.2, 0.25) is 0 Å². The minimum Gasteiger partial charge on any atom is -0.396 e. The Morgan fingerprint density at radius 3 is 2.50 bits per heavy atom. The van der Waals surface area contributed by atoms with Gasteiger partial charge in [-0.3, -0.25) is 0 Å². The molecule has 0 aromatic heterocycles. The van der Waals surface area contributed by atoms with E-state index in [1.54, 1.807) is 6.08 Å². The van der Waals surface area contributed by atoms with Crippen LogP contribution < -0.4 is 0 Å². The van der Waals surface area contributed by atoms with E-state index in [0.29, 0.717) is 0 Å². The zero-order valence-electron chi connectivity index (χ0n) is 6.51. The van der Waals surface area contributed by atoms with E-state index in [4.69, 9.17) is 10.2 Å². The molecule has 0 fully saturated rings. The number of hydrogen-bond acceptors (Lipinski definition) is 2. The summed E-state index contributed by atoms with van der Waals surface area (Å²) in [6.45, 7) is 2.39. The Kier molecular flexibility index (Phi) is 6.55. The molecule has 0 aliphatic heterocycles. The third-order valence-corrected chi connectivity index (χ3v) is 1.42. The van der Waals surface area contributed by atoms with E-state index in [2.05, 4.69) is 0 Å². The molecule has 0 bridgehead atoms. The summed E-state index contributed by atoms with van der Waals surface area (Å²) >= 11 is 0. The molecule has 0 aromatic carbocycles. The smallest absolute Gasteiger partial charge is 0.0614 e. The monoisotopic (exact) mass is 144 g/mol. The molecule has 0 amide bonds. The molecular weight excluding hydrogens is 128 g/mol. The Labute approximate surface area is 62.2 Å². The zero-order valence-corrected chi connectivity index (χ0v) is 6.51. The van der Waals surface area contributed by atoms with Gasteiger partial charge in [-0.1, -0.05) is 11.6 Å². The molecule has 0 aliphatic rings. The molecule has 0 aliphatic carbocycles. The van der Waals surface area contributed by atoms with Crippen molar-refractivity contribution in [3.63, 3.8) is 0 Å². The number of rotatable bonds is 5. The van der Waals surface area contributed by atoms with E-state index in [-0.39, 0.29) is 13.2 Å². The minimum atomic E-state index is 0.130. The average Bonchev–Trinajstić information content (AvgIpc) is 1.89. The van der Waals surface area contributed by atoms with Crippen LogP contribution in [-0.2, 0) is 0 Å². The van der Waals surface area contributed by atoms with Crippen molar-refractivity contribution < 1.29 is 10.2 Å². The summed E-state index contributed by atoms with van der Waals surface area (Å²) in [5, 5.41) is 16.9.